The van der Waals surface area contributed by atoms with Crippen LogP contribution in [0.1, 0.15) is 21.7 Å². The van der Waals surface area contributed by atoms with Gasteiger partial charge in [0.1, 0.15) is 11.9 Å². The number of hydrogen-bond acceptors (Lipinski definition) is 4. The molecule has 1 N–H and O–H groups in total. The van der Waals surface area contributed by atoms with Crippen LogP contribution < -0.4 is 5.32 Å². The van der Waals surface area contributed by atoms with Gasteiger partial charge in [-0.1, -0.05) is 0 Å². The predicted molar refractivity (Wildman–Crippen MR) is 64.9 cm³/mol. The SMILES string of the molecule is Cc1cc(C(=O)Nc2ccc(C#N)cn2)nn1C. The van der Waals surface area contributed by atoms with E-state index in [1.165, 1.54) is 6.20 Å². The maximum absolute atomic E-state index is 11.8. The minimum atomic E-state index is -0.323. The second kappa shape index (κ2) is 4.67. The molecular weight excluding hydrogens is 230 g/mol. The van der Waals surface area contributed by atoms with Crippen molar-refractivity contribution in [2.75, 3.05) is 5.32 Å². The van der Waals surface area contributed by atoms with Crippen molar-refractivity contribution in [2.24, 2.45) is 7.05 Å². The fourth-order valence-electron chi connectivity index (χ4n) is 1.39. The Kier molecular flexibility index (Phi) is 3.06. The van der Waals surface area contributed by atoms with Gasteiger partial charge < -0.3 is 5.32 Å². The number of anilines is 1. The Balaban J connectivity index is 2.13. The van der Waals surface area contributed by atoms with E-state index < -0.39 is 0 Å². The van der Waals surface area contributed by atoms with E-state index >= 15 is 0 Å². The van der Waals surface area contributed by atoms with Crippen molar-refractivity contribution in [1.29, 1.82) is 5.26 Å². The van der Waals surface area contributed by atoms with Crippen LogP contribution in [-0.4, -0.2) is 20.7 Å². The first kappa shape index (κ1) is 11.8. The van der Waals surface area contributed by atoms with Crippen molar-refractivity contribution in [2.45, 2.75) is 6.92 Å². The van der Waals surface area contributed by atoms with E-state index in [4.69, 9.17) is 5.26 Å². The minimum absolute atomic E-state index is 0.323. The molecular formula is C12H11N5O. The summed E-state index contributed by atoms with van der Waals surface area (Å²) in [6.07, 6.45) is 1.40. The summed E-state index contributed by atoms with van der Waals surface area (Å²) in [5, 5.41) is 15.3. The molecule has 90 valence electrons. The average molecular weight is 241 g/mol. The number of aromatic nitrogens is 3. The van der Waals surface area contributed by atoms with Gasteiger partial charge in [0.25, 0.3) is 5.91 Å². The number of pyridine rings is 1. The van der Waals surface area contributed by atoms with Gasteiger partial charge in [-0.3, -0.25) is 9.48 Å². The summed E-state index contributed by atoms with van der Waals surface area (Å²) < 4.78 is 1.63. The molecule has 2 aromatic rings. The zero-order valence-corrected chi connectivity index (χ0v) is 10.0. The summed E-state index contributed by atoms with van der Waals surface area (Å²) in [5.74, 6) is 0.0678. The van der Waals surface area contributed by atoms with Gasteiger partial charge in [-0.25, -0.2) is 4.98 Å². The van der Waals surface area contributed by atoms with Gasteiger partial charge in [0.05, 0.1) is 5.56 Å². The van der Waals surface area contributed by atoms with Crippen LogP contribution >= 0.6 is 0 Å². The van der Waals surface area contributed by atoms with Crippen LogP contribution in [0.5, 0.6) is 0 Å². The molecule has 0 bridgehead atoms. The number of carbonyl (C=O) groups is 1. The molecule has 0 spiro atoms. The first-order valence-electron chi connectivity index (χ1n) is 5.28. The Morgan fingerprint density at radius 1 is 1.50 bits per heavy atom. The summed E-state index contributed by atoms with van der Waals surface area (Å²) >= 11 is 0. The van der Waals surface area contributed by atoms with Crippen molar-refractivity contribution in [1.82, 2.24) is 14.8 Å². The summed E-state index contributed by atoms with van der Waals surface area (Å²) in [4.78, 5) is 15.8. The third kappa shape index (κ3) is 2.35. The molecule has 0 atom stereocenters. The van der Waals surface area contributed by atoms with Crippen LogP contribution in [0.25, 0.3) is 0 Å². The molecule has 1 amide bonds. The van der Waals surface area contributed by atoms with E-state index in [0.717, 1.165) is 5.69 Å². The second-order valence-electron chi connectivity index (χ2n) is 3.79. The lowest BCUT2D eigenvalue weighted by atomic mass is 10.3. The van der Waals surface area contributed by atoms with Crippen LogP contribution in [0, 0.1) is 18.3 Å². The van der Waals surface area contributed by atoms with Crippen LogP contribution in [-0.2, 0) is 7.05 Å². The van der Waals surface area contributed by atoms with E-state index in [1.807, 2.05) is 13.0 Å². The standard InChI is InChI=1S/C12H11N5O/c1-8-5-10(16-17(8)2)12(18)15-11-4-3-9(6-13)7-14-11/h3-5,7H,1-2H3,(H,14,15,18). The molecule has 6 nitrogen and oxygen atoms in total. The van der Waals surface area contributed by atoms with Crippen molar-refractivity contribution in [3.8, 4) is 6.07 Å². The lowest BCUT2D eigenvalue weighted by molar-refractivity contribution is 0.102. The Labute approximate surface area is 104 Å². The Hall–Kier alpha value is -2.68. The topological polar surface area (TPSA) is 83.6 Å². The van der Waals surface area contributed by atoms with E-state index in [2.05, 4.69) is 15.4 Å². The molecule has 0 aromatic carbocycles. The fourth-order valence-corrected chi connectivity index (χ4v) is 1.39. The summed E-state index contributed by atoms with van der Waals surface area (Å²) in [6.45, 7) is 1.86. The van der Waals surface area contributed by atoms with Crippen LogP contribution in [0.2, 0.25) is 0 Å². The maximum Gasteiger partial charge on any atom is 0.277 e. The van der Waals surface area contributed by atoms with Crippen molar-refractivity contribution >= 4 is 11.7 Å². The Morgan fingerprint density at radius 3 is 2.78 bits per heavy atom. The van der Waals surface area contributed by atoms with Crippen molar-refractivity contribution in [3.05, 3.63) is 41.3 Å². The molecule has 0 fully saturated rings. The second-order valence-corrected chi connectivity index (χ2v) is 3.79. The lowest BCUT2D eigenvalue weighted by Crippen LogP contribution is -2.13. The monoisotopic (exact) mass is 241 g/mol. The number of nitriles is 1. The first-order chi connectivity index (χ1) is 8.60. The van der Waals surface area contributed by atoms with Gasteiger partial charge in [0.2, 0.25) is 0 Å². The molecule has 18 heavy (non-hydrogen) atoms. The summed E-state index contributed by atoms with van der Waals surface area (Å²) in [7, 11) is 1.77. The molecule has 0 saturated carbocycles. The van der Waals surface area contributed by atoms with Crippen molar-refractivity contribution < 1.29 is 4.79 Å². The smallest absolute Gasteiger partial charge is 0.277 e. The number of aryl methyl sites for hydroxylation is 2. The van der Waals surface area contributed by atoms with E-state index in [-0.39, 0.29) is 5.91 Å². The molecule has 2 rings (SSSR count). The predicted octanol–water partition coefficient (Wildman–Crippen LogP) is 1.25. The maximum atomic E-state index is 11.8. The molecule has 2 aromatic heterocycles. The van der Waals surface area contributed by atoms with Gasteiger partial charge >= 0.3 is 0 Å². The molecule has 0 unspecified atom stereocenters. The third-order valence-electron chi connectivity index (χ3n) is 2.48. The lowest BCUT2D eigenvalue weighted by Gasteiger charge is -2.01. The number of carbonyl (C=O) groups excluding carboxylic acids is 1. The molecule has 0 aliphatic heterocycles. The normalized spacial score (nSPS) is 9.83. The quantitative estimate of drug-likeness (QED) is 0.857. The molecule has 0 aliphatic rings. The van der Waals surface area contributed by atoms with E-state index in [9.17, 15) is 4.79 Å². The van der Waals surface area contributed by atoms with E-state index in [1.54, 1.807) is 29.9 Å². The summed E-state index contributed by atoms with van der Waals surface area (Å²) in [5.41, 5.74) is 1.68. The number of rotatable bonds is 2. The largest absolute Gasteiger partial charge is 0.305 e. The van der Waals surface area contributed by atoms with Gasteiger partial charge in [-0.05, 0) is 25.1 Å². The van der Waals surface area contributed by atoms with Gasteiger partial charge in [0, 0.05) is 18.9 Å². The van der Waals surface area contributed by atoms with Crippen LogP contribution in [0.3, 0.4) is 0 Å². The molecule has 0 radical (unpaired) electrons. The zero-order chi connectivity index (χ0) is 13.1. The van der Waals surface area contributed by atoms with Crippen LogP contribution in [0.4, 0.5) is 5.82 Å². The fraction of sp³-hybridized carbons (Fsp3) is 0.167. The van der Waals surface area contributed by atoms with E-state index in [0.29, 0.717) is 17.1 Å². The highest BCUT2D eigenvalue weighted by Gasteiger charge is 2.11. The van der Waals surface area contributed by atoms with Gasteiger partial charge in [0.15, 0.2) is 5.69 Å². The number of hydrogen-bond donors (Lipinski definition) is 1. The molecule has 2 heterocycles. The zero-order valence-electron chi connectivity index (χ0n) is 10.0. The van der Waals surface area contributed by atoms with Crippen LogP contribution in [0.15, 0.2) is 24.4 Å². The molecule has 0 aliphatic carbocycles. The number of nitrogens with one attached hydrogen (secondary N) is 1. The Bertz CT molecular complexity index is 601. The number of amides is 1. The van der Waals surface area contributed by atoms with Crippen molar-refractivity contribution in [3.63, 3.8) is 0 Å². The summed E-state index contributed by atoms with van der Waals surface area (Å²) in [6, 6.07) is 6.82. The number of nitrogens with zero attached hydrogens (tertiary/aromatic N) is 4. The molecule has 6 heteroatoms. The highest BCUT2D eigenvalue weighted by atomic mass is 16.2. The minimum Gasteiger partial charge on any atom is -0.305 e. The Morgan fingerprint density at radius 2 is 2.28 bits per heavy atom. The highest BCUT2D eigenvalue weighted by molar-refractivity contribution is 6.02. The third-order valence-corrected chi connectivity index (χ3v) is 2.48. The van der Waals surface area contributed by atoms with Gasteiger partial charge in [-0.2, -0.15) is 10.4 Å². The van der Waals surface area contributed by atoms with Gasteiger partial charge in [-0.15, -0.1) is 0 Å². The molecule has 0 saturated heterocycles. The first-order valence-corrected chi connectivity index (χ1v) is 5.28. The average Bonchev–Trinajstić information content (AvgIpc) is 2.71. The highest BCUT2D eigenvalue weighted by Crippen LogP contribution is 2.07.